The molecule has 0 unspecified atom stereocenters. The average molecular weight is 144 g/mol. The van der Waals surface area contributed by atoms with Crippen LogP contribution in [0.2, 0.25) is 0 Å². The van der Waals surface area contributed by atoms with Crippen molar-refractivity contribution >= 4 is 0 Å². The maximum atomic E-state index is 7.88. The molecule has 0 rings (SSSR count). The van der Waals surface area contributed by atoms with Gasteiger partial charge >= 0.3 is 0 Å². The van der Waals surface area contributed by atoms with E-state index in [1.807, 2.05) is 0 Å². The smallest absolute Gasteiger partial charge is 0.0772 e. The van der Waals surface area contributed by atoms with Crippen molar-refractivity contribution in [3.05, 3.63) is 29.1 Å². The minimum Gasteiger partial charge on any atom is -0.0772 e. The SMILES string of the molecule is O=[O+][O-].O=[O+][O-].O=[O+][O-]. The summed E-state index contributed by atoms with van der Waals surface area (Å²) in [5.41, 5.74) is 0. The van der Waals surface area contributed by atoms with Gasteiger partial charge in [-0.25, -0.2) is 0 Å². The average Bonchev–Trinajstić information content (AvgIpc) is 1.70. The van der Waals surface area contributed by atoms with E-state index in [0.717, 1.165) is 0 Å². The second kappa shape index (κ2) is 116. The fraction of sp³-hybridized carbons (Fsp3) is 0. The van der Waals surface area contributed by atoms with Crippen molar-refractivity contribution in [1.29, 1.82) is 0 Å². The summed E-state index contributed by atoms with van der Waals surface area (Å²) < 4.78 is 5.25. The van der Waals surface area contributed by atoms with Crippen LogP contribution in [0.1, 0.15) is 0 Å². The molecule has 0 aliphatic heterocycles. The third-order valence-corrected chi connectivity index (χ3v) is 0. The number of rotatable bonds is 0. The second-order valence-electron chi connectivity index (χ2n) is 0.204. The lowest BCUT2D eigenvalue weighted by atomic mass is 14.8. The van der Waals surface area contributed by atoms with Crippen molar-refractivity contribution in [2.45, 2.75) is 0 Å². The predicted molar refractivity (Wildman–Crippen MR) is 20.2 cm³/mol. The molecule has 0 bridgehead atoms. The third-order valence-electron chi connectivity index (χ3n) is 0. The molecule has 0 aliphatic carbocycles. The van der Waals surface area contributed by atoms with E-state index in [2.05, 4.69) is 0 Å². The lowest BCUT2D eigenvalue weighted by molar-refractivity contribution is -0.285. The summed E-state index contributed by atoms with van der Waals surface area (Å²) in [4.78, 5) is 23.6. The Balaban J connectivity index is -0.0000000600. The van der Waals surface area contributed by atoms with Crippen LogP contribution >= 0.6 is 0 Å². The molecule has 9 heavy (non-hydrogen) atoms. The van der Waals surface area contributed by atoms with Crippen LogP contribution in [0, 0.1) is 29.1 Å². The van der Waals surface area contributed by atoms with Crippen molar-refractivity contribution in [3.8, 4) is 0 Å². The molecule has 0 spiro atoms. The van der Waals surface area contributed by atoms with Crippen molar-refractivity contribution in [2.24, 2.45) is 0 Å². The molecule has 0 radical (unpaired) electrons. The molecule has 0 amide bonds. The molecule has 0 aromatic rings. The fourth-order valence-electron chi connectivity index (χ4n) is 0. The molecule has 54 valence electrons. The summed E-state index contributed by atoms with van der Waals surface area (Å²) >= 11 is 0. The van der Waals surface area contributed by atoms with E-state index in [4.69, 9.17) is 30.7 Å². The van der Waals surface area contributed by atoms with E-state index < -0.39 is 0 Å². The van der Waals surface area contributed by atoms with Gasteiger partial charge in [0.1, 0.15) is 0 Å². The largest absolute Gasteiger partial charge is 0.154 e. The first-order valence-electron chi connectivity index (χ1n) is 1.00. The highest BCUT2D eigenvalue weighted by atomic mass is 17.2. The zero-order chi connectivity index (χ0) is 8.12. The van der Waals surface area contributed by atoms with E-state index >= 15 is 0 Å². The van der Waals surface area contributed by atoms with Gasteiger partial charge in [-0.05, 0) is 0 Å². The highest BCUT2D eigenvalue weighted by molar-refractivity contribution is 4.21. The Labute approximate surface area is 46.3 Å². The molecule has 0 atom stereocenters. The van der Waals surface area contributed by atoms with E-state index in [9.17, 15) is 0 Å². The van der Waals surface area contributed by atoms with Crippen LogP contribution < -0.4 is 15.8 Å². The summed E-state index contributed by atoms with van der Waals surface area (Å²) in [5, 5.41) is 23.6. The lowest BCUT2D eigenvalue weighted by Gasteiger charge is -1.19. The molecule has 0 heterocycles. The summed E-state index contributed by atoms with van der Waals surface area (Å²) in [7, 11) is 0. The lowest BCUT2D eigenvalue weighted by Crippen LogP contribution is -1.82. The summed E-state index contributed by atoms with van der Waals surface area (Å²) in [5.74, 6) is 0. The van der Waals surface area contributed by atoms with Crippen LogP contribution in [0.5, 0.6) is 0 Å². The fourth-order valence-corrected chi connectivity index (χ4v) is 0. The van der Waals surface area contributed by atoms with Gasteiger partial charge in [-0.3, -0.25) is 0 Å². The van der Waals surface area contributed by atoms with Crippen molar-refractivity contribution in [1.82, 2.24) is 0 Å². The summed E-state index contributed by atoms with van der Waals surface area (Å²) in [6, 6.07) is 0. The van der Waals surface area contributed by atoms with Gasteiger partial charge in [-0.15, -0.1) is 0 Å². The zero-order valence-corrected chi connectivity index (χ0v) is 3.67. The first kappa shape index (κ1) is 15.7. The van der Waals surface area contributed by atoms with E-state index in [0.29, 0.717) is 0 Å². The highest BCUT2D eigenvalue weighted by Gasteiger charge is 1.27. The van der Waals surface area contributed by atoms with Gasteiger partial charge in [0, 0.05) is 0 Å². The van der Waals surface area contributed by atoms with Gasteiger partial charge < -0.3 is 0 Å². The third kappa shape index (κ3) is 33.8. The Morgan fingerprint density at radius 1 is 0.667 bits per heavy atom. The van der Waals surface area contributed by atoms with Crippen LogP contribution in [-0.4, -0.2) is 0 Å². The molecular weight excluding hydrogens is 144 g/mol. The standard InChI is InChI=1S/3O3/c3*1-3-2. The first-order chi connectivity index (χ1) is 4.24. The monoisotopic (exact) mass is 144 g/mol. The maximum absolute atomic E-state index is 7.88. The molecule has 0 saturated carbocycles. The van der Waals surface area contributed by atoms with Gasteiger partial charge in [0.05, 0.1) is 0 Å². The molecule has 9 nitrogen and oxygen atoms in total. The van der Waals surface area contributed by atoms with Crippen molar-refractivity contribution in [2.75, 3.05) is 0 Å². The van der Waals surface area contributed by atoms with E-state index in [-0.39, 0.29) is 0 Å². The number of hydrogen-bond donors (Lipinski definition) is 0. The molecule has 0 aromatic carbocycles. The quantitative estimate of drug-likeness (QED) is 0.196. The Morgan fingerprint density at radius 3 is 0.667 bits per heavy atom. The van der Waals surface area contributed by atoms with Gasteiger partial charge in [-0.1, -0.05) is 30.7 Å². The molecule has 0 fully saturated rings. The predicted octanol–water partition coefficient (Wildman–Crippen LogP) is -3.37. The number of hydrogen-bond acceptors (Lipinski definition) is 6. The summed E-state index contributed by atoms with van der Waals surface area (Å²) in [6.07, 6.45) is 0. The topological polar surface area (TPSA) is 154 Å². The van der Waals surface area contributed by atoms with Crippen LogP contribution in [0.15, 0.2) is 0 Å². The molecule has 0 aromatic heterocycles. The van der Waals surface area contributed by atoms with Gasteiger partial charge in [-0.2, -0.15) is 0 Å². The maximum Gasteiger partial charge on any atom is 0.154 e. The first-order valence-corrected chi connectivity index (χ1v) is 1.00. The summed E-state index contributed by atoms with van der Waals surface area (Å²) in [6.45, 7) is 0. The normalized spacial score (nSPS) is 4.00. The molecule has 0 aliphatic rings. The zero-order valence-electron chi connectivity index (χ0n) is 3.67. The Kier molecular flexibility index (Phi) is 203. The van der Waals surface area contributed by atoms with Crippen molar-refractivity contribution < 1.29 is 15.8 Å². The van der Waals surface area contributed by atoms with E-state index in [1.165, 1.54) is 0 Å². The Morgan fingerprint density at radius 2 is 0.667 bits per heavy atom. The molecule has 9 heteroatoms. The van der Waals surface area contributed by atoms with E-state index in [1.54, 1.807) is 14.2 Å². The molecule has 0 saturated heterocycles. The highest BCUT2D eigenvalue weighted by Crippen LogP contribution is 1.01. The van der Waals surface area contributed by atoms with Crippen molar-refractivity contribution in [3.63, 3.8) is 0 Å². The molecule has 0 N–H and O–H groups in total. The van der Waals surface area contributed by atoms with Crippen LogP contribution in [-0.2, 0) is 0 Å². The van der Waals surface area contributed by atoms with Gasteiger partial charge in [0.25, 0.3) is 0 Å². The molecular formula is O9. The minimum atomic E-state index is 1.75. The van der Waals surface area contributed by atoms with Gasteiger partial charge in [0.15, 0.2) is 14.2 Å². The van der Waals surface area contributed by atoms with Gasteiger partial charge in [0.2, 0.25) is 0 Å². The van der Waals surface area contributed by atoms with Crippen LogP contribution in [0.3, 0.4) is 0 Å². The minimum absolute atomic E-state index is 1.75. The Hall–Kier alpha value is -1.80. The van der Waals surface area contributed by atoms with Crippen LogP contribution in [0.25, 0.3) is 0 Å². The van der Waals surface area contributed by atoms with Crippen LogP contribution in [0.4, 0.5) is 0 Å². The Bertz CT molecular complexity index is 36.8. The second-order valence-corrected chi connectivity index (χ2v) is 0.204.